The zero-order chi connectivity index (χ0) is 27.6. The molecule has 1 amide bonds. The Balaban J connectivity index is 1.79. The van der Waals surface area contributed by atoms with Crippen LogP contribution in [0.2, 0.25) is 0 Å². The number of nitrogens with one attached hydrogen (secondary N) is 1. The highest BCUT2D eigenvalue weighted by molar-refractivity contribution is 5.92. The molecule has 0 saturated carbocycles. The van der Waals surface area contributed by atoms with Crippen molar-refractivity contribution in [1.29, 1.82) is 0 Å². The largest absolute Gasteiger partial charge is 0.507 e. The molecule has 2 aromatic carbocycles. The van der Waals surface area contributed by atoms with E-state index in [9.17, 15) is 9.90 Å². The van der Waals surface area contributed by atoms with E-state index >= 15 is 4.39 Å². The van der Waals surface area contributed by atoms with Crippen LogP contribution < -0.4 is 10.1 Å². The Morgan fingerprint density at radius 3 is 2.42 bits per heavy atom. The molecule has 1 saturated heterocycles. The summed E-state index contributed by atoms with van der Waals surface area (Å²) >= 11 is 0. The van der Waals surface area contributed by atoms with E-state index in [0.29, 0.717) is 29.1 Å². The third kappa shape index (κ3) is 5.81. The van der Waals surface area contributed by atoms with Gasteiger partial charge in [-0.3, -0.25) is 14.3 Å². The summed E-state index contributed by atoms with van der Waals surface area (Å²) in [4.78, 5) is 17.6. The van der Waals surface area contributed by atoms with Crippen molar-refractivity contribution in [3.8, 4) is 28.6 Å². The van der Waals surface area contributed by atoms with Crippen LogP contribution in [0.5, 0.6) is 11.5 Å². The maximum absolute atomic E-state index is 15.4. The van der Waals surface area contributed by atoms with Gasteiger partial charge in [-0.15, -0.1) is 10.2 Å². The predicted octanol–water partition coefficient (Wildman–Crippen LogP) is 3.80. The van der Waals surface area contributed by atoms with Crippen molar-refractivity contribution in [2.75, 3.05) is 40.3 Å². The van der Waals surface area contributed by atoms with Gasteiger partial charge in [0.25, 0.3) is 5.91 Å². The second kappa shape index (κ2) is 11.5. The van der Waals surface area contributed by atoms with Crippen LogP contribution in [0.25, 0.3) is 17.1 Å². The average molecular weight is 525 g/mol. The average Bonchev–Trinajstić information content (AvgIpc) is 3.31. The van der Waals surface area contributed by atoms with Crippen molar-refractivity contribution >= 4 is 5.91 Å². The molecule has 10 heteroatoms. The minimum absolute atomic E-state index is 0.00114. The van der Waals surface area contributed by atoms with Gasteiger partial charge in [-0.1, -0.05) is 19.9 Å². The number of ether oxygens (including phenoxy) is 1. The van der Waals surface area contributed by atoms with Crippen molar-refractivity contribution < 1.29 is 19.0 Å². The summed E-state index contributed by atoms with van der Waals surface area (Å²) in [6, 6.07) is 8.07. The number of aromatic nitrogens is 3. The monoisotopic (exact) mass is 524 g/mol. The molecule has 2 heterocycles. The van der Waals surface area contributed by atoms with Crippen LogP contribution in [-0.2, 0) is 6.54 Å². The van der Waals surface area contributed by atoms with E-state index in [2.05, 4.69) is 32.4 Å². The molecule has 3 aromatic rings. The molecule has 2 N–H and O–H groups in total. The Bertz CT molecular complexity index is 1300. The molecule has 1 fully saturated rings. The zero-order valence-corrected chi connectivity index (χ0v) is 23.0. The molecule has 0 bridgehead atoms. The number of phenols is 1. The Kier molecular flexibility index (Phi) is 8.32. The maximum atomic E-state index is 15.4. The van der Waals surface area contributed by atoms with E-state index in [0.717, 1.165) is 31.7 Å². The van der Waals surface area contributed by atoms with Crippen LogP contribution in [0.1, 0.15) is 55.4 Å². The standard InChI is InChI=1S/C28H37FN6O3/c1-17(2)21-14-22(24(36)15-25(21)38-6)26-31-32-27(28(37)30-18(3)4)35(26)20-8-7-19(23(29)13-20)16-34-11-9-33(5)10-12-34/h7-8,13-15,17-18,36H,9-12,16H2,1-6H3,(H,30,37). The highest BCUT2D eigenvalue weighted by Gasteiger charge is 2.26. The lowest BCUT2D eigenvalue weighted by Gasteiger charge is -2.32. The van der Waals surface area contributed by atoms with Crippen molar-refractivity contribution in [3.05, 3.63) is 53.1 Å². The second-order valence-electron chi connectivity index (χ2n) is 10.4. The van der Waals surface area contributed by atoms with Crippen LogP contribution in [0.15, 0.2) is 30.3 Å². The van der Waals surface area contributed by atoms with Gasteiger partial charge in [-0.25, -0.2) is 4.39 Å². The molecule has 0 atom stereocenters. The van der Waals surface area contributed by atoms with E-state index in [4.69, 9.17) is 4.74 Å². The SMILES string of the molecule is COc1cc(O)c(-c2nnc(C(=O)NC(C)C)n2-c2ccc(CN3CCN(C)CC3)c(F)c2)cc1C(C)C. The summed E-state index contributed by atoms with van der Waals surface area (Å²) in [6.45, 7) is 11.9. The first kappa shape index (κ1) is 27.5. The first-order valence-corrected chi connectivity index (χ1v) is 13.0. The molecular formula is C28H37FN6O3. The van der Waals surface area contributed by atoms with E-state index in [-0.39, 0.29) is 35.2 Å². The molecule has 0 aliphatic carbocycles. The van der Waals surface area contributed by atoms with E-state index in [1.54, 1.807) is 25.3 Å². The fourth-order valence-corrected chi connectivity index (χ4v) is 4.62. The molecule has 0 unspecified atom stereocenters. The quantitative estimate of drug-likeness (QED) is 0.463. The Hall–Kier alpha value is -3.50. The summed E-state index contributed by atoms with van der Waals surface area (Å²) in [5, 5.41) is 22.2. The van der Waals surface area contributed by atoms with Gasteiger partial charge in [0, 0.05) is 50.4 Å². The number of phenolic OH excluding ortho intramolecular Hbond substituents is 1. The van der Waals surface area contributed by atoms with Crippen LogP contribution in [0, 0.1) is 5.82 Å². The van der Waals surface area contributed by atoms with Gasteiger partial charge in [0.15, 0.2) is 5.82 Å². The number of hydrogen-bond acceptors (Lipinski definition) is 7. The third-order valence-electron chi connectivity index (χ3n) is 6.78. The number of likely N-dealkylation sites (N-methyl/N-ethyl adjacent to an activating group) is 1. The van der Waals surface area contributed by atoms with Crippen molar-refractivity contribution in [2.45, 2.75) is 46.2 Å². The van der Waals surface area contributed by atoms with Crippen molar-refractivity contribution in [1.82, 2.24) is 29.9 Å². The summed E-state index contributed by atoms with van der Waals surface area (Å²) in [5.74, 6) is -0.0350. The van der Waals surface area contributed by atoms with E-state index < -0.39 is 5.91 Å². The summed E-state index contributed by atoms with van der Waals surface area (Å²) in [7, 11) is 3.63. The van der Waals surface area contributed by atoms with Crippen LogP contribution >= 0.6 is 0 Å². The zero-order valence-electron chi connectivity index (χ0n) is 23.0. The van der Waals surface area contributed by atoms with E-state index in [1.165, 1.54) is 16.7 Å². The van der Waals surface area contributed by atoms with Gasteiger partial charge in [0.2, 0.25) is 5.82 Å². The summed E-state index contributed by atoms with van der Waals surface area (Å²) in [5.41, 5.74) is 2.19. The van der Waals surface area contributed by atoms with Crippen molar-refractivity contribution in [3.63, 3.8) is 0 Å². The minimum Gasteiger partial charge on any atom is -0.507 e. The van der Waals surface area contributed by atoms with Crippen LogP contribution in [0.3, 0.4) is 0 Å². The summed E-state index contributed by atoms with van der Waals surface area (Å²) < 4.78 is 22.4. The number of carbonyl (C=O) groups excluding carboxylic acids is 1. The Morgan fingerprint density at radius 1 is 1.11 bits per heavy atom. The molecule has 1 aromatic heterocycles. The van der Waals surface area contributed by atoms with Crippen LogP contribution in [-0.4, -0.2) is 82.0 Å². The number of rotatable bonds is 8. The normalized spacial score (nSPS) is 14.9. The maximum Gasteiger partial charge on any atom is 0.289 e. The number of halogens is 1. The molecule has 204 valence electrons. The van der Waals surface area contributed by atoms with Gasteiger partial charge in [-0.05, 0) is 50.6 Å². The Labute approximate surface area is 223 Å². The number of carbonyl (C=O) groups is 1. The van der Waals surface area contributed by atoms with E-state index in [1.807, 2.05) is 27.7 Å². The topological polar surface area (TPSA) is 95.8 Å². The number of amides is 1. The fourth-order valence-electron chi connectivity index (χ4n) is 4.62. The predicted molar refractivity (Wildman–Crippen MR) is 144 cm³/mol. The van der Waals surface area contributed by atoms with Crippen LogP contribution in [0.4, 0.5) is 4.39 Å². The van der Waals surface area contributed by atoms with Gasteiger partial charge in [-0.2, -0.15) is 0 Å². The molecule has 38 heavy (non-hydrogen) atoms. The number of hydrogen-bond donors (Lipinski definition) is 2. The number of aromatic hydroxyl groups is 1. The Morgan fingerprint density at radius 2 is 1.82 bits per heavy atom. The van der Waals surface area contributed by atoms with Gasteiger partial charge >= 0.3 is 0 Å². The first-order valence-electron chi connectivity index (χ1n) is 13.0. The van der Waals surface area contributed by atoms with Crippen molar-refractivity contribution in [2.24, 2.45) is 0 Å². The molecular weight excluding hydrogens is 487 g/mol. The van der Waals surface area contributed by atoms with Gasteiger partial charge in [0.1, 0.15) is 17.3 Å². The molecule has 1 aliphatic heterocycles. The third-order valence-corrected chi connectivity index (χ3v) is 6.78. The minimum atomic E-state index is -0.447. The lowest BCUT2D eigenvalue weighted by Crippen LogP contribution is -2.44. The van der Waals surface area contributed by atoms with Gasteiger partial charge < -0.3 is 20.1 Å². The number of benzene rings is 2. The lowest BCUT2D eigenvalue weighted by molar-refractivity contribution is 0.0930. The lowest BCUT2D eigenvalue weighted by atomic mass is 9.98. The molecule has 0 spiro atoms. The highest BCUT2D eigenvalue weighted by Crippen LogP contribution is 2.38. The summed E-state index contributed by atoms with van der Waals surface area (Å²) in [6.07, 6.45) is 0. The molecule has 4 rings (SSSR count). The molecule has 1 aliphatic rings. The first-order chi connectivity index (χ1) is 18.1. The van der Waals surface area contributed by atoms with Gasteiger partial charge in [0.05, 0.1) is 18.4 Å². The fraction of sp³-hybridized carbons (Fsp3) is 0.464. The number of methoxy groups -OCH3 is 1. The second-order valence-corrected chi connectivity index (χ2v) is 10.4. The highest BCUT2D eigenvalue weighted by atomic mass is 19.1. The molecule has 9 nitrogen and oxygen atoms in total. The smallest absolute Gasteiger partial charge is 0.289 e. The molecule has 0 radical (unpaired) electrons. The number of nitrogens with zero attached hydrogens (tertiary/aromatic N) is 5. The number of piperazine rings is 1.